The smallest absolute Gasteiger partial charge is 0.0297 e. The summed E-state index contributed by atoms with van der Waals surface area (Å²) in [5.74, 6) is 1.98. The van der Waals surface area contributed by atoms with Gasteiger partial charge in [0.25, 0.3) is 0 Å². The van der Waals surface area contributed by atoms with Gasteiger partial charge in [-0.15, -0.1) is 0 Å². The first-order valence-electron chi connectivity index (χ1n) is 5.72. The van der Waals surface area contributed by atoms with Crippen LogP contribution in [0.15, 0.2) is 0 Å². The fourth-order valence-corrected chi connectivity index (χ4v) is 3.10. The predicted molar refractivity (Wildman–Crippen MR) is 53.1 cm³/mol. The van der Waals surface area contributed by atoms with Crippen LogP contribution in [-0.4, -0.2) is 0 Å². The van der Waals surface area contributed by atoms with Crippen molar-refractivity contribution < 1.29 is 0 Å². The second-order valence-electron chi connectivity index (χ2n) is 5.44. The number of hydrogen-bond acceptors (Lipinski definition) is 0. The van der Waals surface area contributed by atoms with Gasteiger partial charge in [-0.3, -0.25) is 0 Å². The lowest BCUT2D eigenvalue weighted by Gasteiger charge is -2.47. The van der Waals surface area contributed by atoms with E-state index in [1.165, 1.54) is 19.3 Å². The van der Waals surface area contributed by atoms with Crippen LogP contribution in [0.3, 0.4) is 0 Å². The summed E-state index contributed by atoms with van der Waals surface area (Å²) in [5.41, 5.74) is 0.866. The Bertz CT molecular complexity index is 143. The standard InChI is InChI=1S/C12H22/c1-10(2)11-4-8-12(9-5-11)6-3-7-12/h10-11H,3-9H2,1-2H3. The molecule has 0 unspecified atom stereocenters. The van der Waals surface area contributed by atoms with Crippen molar-refractivity contribution in [2.24, 2.45) is 17.3 Å². The molecule has 0 amide bonds. The minimum Gasteiger partial charge on any atom is -0.0625 e. The number of hydrogen-bond donors (Lipinski definition) is 0. The summed E-state index contributed by atoms with van der Waals surface area (Å²) in [7, 11) is 0. The van der Waals surface area contributed by atoms with Gasteiger partial charge >= 0.3 is 0 Å². The maximum absolute atomic E-state index is 2.39. The molecule has 0 heteroatoms. The summed E-state index contributed by atoms with van der Waals surface area (Å²) in [5, 5.41) is 0. The quantitative estimate of drug-likeness (QED) is 0.552. The first-order valence-corrected chi connectivity index (χ1v) is 5.72. The van der Waals surface area contributed by atoms with Crippen molar-refractivity contribution in [2.75, 3.05) is 0 Å². The van der Waals surface area contributed by atoms with E-state index in [1.54, 1.807) is 25.7 Å². The van der Waals surface area contributed by atoms with Gasteiger partial charge in [0.1, 0.15) is 0 Å². The molecule has 70 valence electrons. The second-order valence-corrected chi connectivity index (χ2v) is 5.44. The lowest BCUT2D eigenvalue weighted by atomic mass is 9.58. The molecule has 0 bridgehead atoms. The topological polar surface area (TPSA) is 0 Å². The van der Waals surface area contributed by atoms with Crippen LogP contribution < -0.4 is 0 Å². The first-order chi connectivity index (χ1) is 5.72. The van der Waals surface area contributed by atoms with E-state index in [2.05, 4.69) is 13.8 Å². The lowest BCUT2D eigenvalue weighted by molar-refractivity contribution is 0.0449. The summed E-state index contributed by atoms with van der Waals surface area (Å²) in [6.45, 7) is 4.78. The predicted octanol–water partition coefficient (Wildman–Crippen LogP) is 4.00. The largest absolute Gasteiger partial charge is 0.0625 e. The average Bonchev–Trinajstić information content (AvgIpc) is 2.02. The Morgan fingerprint density at radius 2 is 1.58 bits per heavy atom. The van der Waals surface area contributed by atoms with Crippen molar-refractivity contribution in [3.63, 3.8) is 0 Å². The highest BCUT2D eigenvalue weighted by Gasteiger charge is 2.40. The molecule has 0 atom stereocenters. The molecule has 0 aromatic rings. The van der Waals surface area contributed by atoms with Crippen molar-refractivity contribution in [3.8, 4) is 0 Å². The molecule has 0 N–H and O–H groups in total. The van der Waals surface area contributed by atoms with Gasteiger partial charge in [0, 0.05) is 0 Å². The summed E-state index contributed by atoms with van der Waals surface area (Å²) >= 11 is 0. The molecule has 12 heavy (non-hydrogen) atoms. The maximum Gasteiger partial charge on any atom is -0.0297 e. The molecule has 2 fully saturated rings. The molecule has 1 spiro atoms. The highest BCUT2D eigenvalue weighted by molar-refractivity contribution is 4.92. The number of rotatable bonds is 1. The molecule has 0 aromatic carbocycles. The normalized spacial score (nSPS) is 29.2. The zero-order chi connectivity index (χ0) is 8.60. The van der Waals surface area contributed by atoms with Crippen LogP contribution >= 0.6 is 0 Å². The van der Waals surface area contributed by atoms with Crippen LogP contribution in [0.2, 0.25) is 0 Å². The van der Waals surface area contributed by atoms with Crippen molar-refractivity contribution in [3.05, 3.63) is 0 Å². The van der Waals surface area contributed by atoms with E-state index < -0.39 is 0 Å². The Kier molecular flexibility index (Phi) is 2.18. The van der Waals surface area contributed by atoms with Crippen molar-refractivity contribution in [1.82, 2.24) is 0 Å². The minimum absolute atomic E-state index is 0.866. The molecule has 2 rings (SSSR count). The Morgan fingerprint density at radius 3 is 1.92 bits per heavy atom. The Hall–Kier alpha value is 0. The summed E-state index contributed by atoms with van der Waals surface area (Å²) < 4.78 is 0. The highest BCUT2D eigenvalue weighted by atomic mass is 14.5. The van der Waals surface area contributed by atoms with E-state index in [4.69, 9.17) is 0 Å². The van der Waals surface area contributed by atoms with E-state index in [1.807, 2.05) is 0 Å². The van der Waals surface area contributed by atoms with Crippen LogP contribution in [0.1, 0.15) is 58.8 Å². The summed E-state index contributed by atoms with van der Waals surface area (Å²) in [6, 6.07) is 0. The van der Waals surface area contributed by atoms with Crippen molar-refractivity contribution >= 4 is 0 Å². The molecular weight excluding hydrogens is 144 g/mol. The van der Waals surface area contributed by atoms with Gasteiger partial charge in [0.15, 0.2) is 0 Å². The van der Waals surface area contributed by atoms with E-state index in [-0.39, 0.29) is 0 Å². The van der Waals surface area contributed by atoms with E-state index in [0.717, 1.165) is 17.3 Å². The van der Waals surface area contributed by atoms with Crippen LogP contribution in [-0.2, 0) is 0 Å². The van der Waals surface area contributed by atoms with Crippen LogP contribution in [0.4, 0.5) is 0 Å². The van der Waals surface area contributed by atoms with Gasteiger partial charge in [-0.05, 0) is 55.8 Å². The Morgan fingerprint density at radius 1 is 1.00 bits per heavy atom. The van der Waals surface area contributed by atoms with E-state index >= 15 is 0 Å². The molecule has 2 aliphatic carbocycles. The molecule has 0 radical (unpaired) electrons. The summed E-state index contributed by atoms with van der Waals surface area (Å²) in [6.07, 6.45) is 10.8. The molecule has 0 nitrogen and oxygen atoms in total. The van der Waals surface area contributed by atoms with Gasteiger partial charge in [0.05, 0.1) is 0 Å². The fourth-order valence-electron chi connectivity index (χ4n) is 3.10. The molecule has 2 saturated carbocycles. The second kappa shape index (κ2) is 3.05. The van der Waals surface area contributed by atoms with Gasteiger partial charge in [-0.25, -0.2) is 0 Å². The van der Waals surface area contributed by atoms with Crippen LogP contribution in [0.5, 0.6) is 0 Å². The fraction of sp³-hybridized carbons (Fsp3) is 1.00. The van der Waals surface area contributed by atoms with Gasteiger partial charge in [-0.2, -0.15) is 0 Å². The van der Waals surface area contributed by atoms with Gasteiger partial charge in [-0.1, -0.05) is 20.3 Å². The average molecular weight is 166 g/mol. The van der Waals surface area contributed by atoms with Gasteiger partial charge in [0.2, 0.25) is 0 Å². The first kappa shape index (κ1) is 8.59. The SMILES string of the molecule is CC(C)C1CCC2(CCC2)CC1. The molecule has 0 aromatic heterocycles. The zero-order valence-electron chi connectivity index (χ0n) is 8.60. The monoisotopic (exact) mass is 166 g/mol. The minimum atomic E-state index is 0.866. The van der Waals surface area contributed by atoms with E-state index in [9.17, 15) is 0 Å². The molecule has 0 heterocycles. The third-order valence-electron chi connectivity index (χ3n) is 4.45. The maximum atomic E-state index is 2.39. The highest BCUT2D eigenvalue weighted by Crippen LogP contribution is 2.53. The van der Waals surface area contributed by atoms with Crippen molar-refractivity contribution in [1.29, 1.82) is 0 Å². The van der Waals surface area contributed by atoms with Gasteiger partial charge < -0.3 is 0 Å². The Labute approximate surface area is 76.7 Å². The molecule has 0 aliphatic heterocycles. The molecular formula is C12H22. The lowest BCUT2D eigenvalue weighted by Crippen LogP contribution is -2.34. The van der Waals surface area contributed by atoms with E-state index in [0.29, 0.717) is 0 Å². The van der Waals surface area contributed by atoms with Crippen molar-refractivity contribution in [2.45, 2.75) is 58.8 Å². The van der Waals surface area contributed by atoms with Crippen LogP contribution in [0, 0.1) is 17.3 Å². The third-order valence-corrected chi connectivity index (χ3v) is 4.45. The Balaban J connectivity index is 1.84. The zero-order valence-corrected chi connectivity index (χ0v) is 8.60. The third kappa shape index (κ3) is 1.41. The van der Waals surface area contributed by atoms with Crippen LogP contribution in [0.25, 0.3) is 0 Å². The molecule has 0 saturated heterocycles. The molecule has 2 aliphatic rings. The summed E-state index contributed by atoms with van der Waals surface area (Å²) in [4.78, 5) is 0.